The number of thioether (sulfide) groups is 1. The number of H-pyrrole nitrogens is 1. The summed E-state index contributed by atoms with van der Waals surface area (Å²) in [6.45, 7) is 0. The second kappa shape index (κ2) is 9.63. The Balaban J connectivity index is 1.52. The molecule has 0 unspecified atom stereocenters. The van der Waals surface area contributed by atoms with E-state index in [4.69, 9.17) is 4.74 Å². The minimum atomic E-state index is -0.446. The largest absolute Gasteiger partial charge is 0.464 e. The second-order valence-corrected chi connectivity index (χ2v) is 8.58. The standard InChI is InChI=1S/C23H19N3O3S2/c1-29-22(28)18-12-16(13-24-18)19-14-30-23(25-19)26-21(27)20(15-8-4-2-5-9-15)31-17-10-6-3-7-11-17/h2-14,20,24H,1H3,(H,25,26,27)/t20-/m0/s1. The smallest absolute Gasteiger partial charge is 0.354 e. The normalized spacial score (nSPS) is 11.6. The van der Waals surface area contributed by atoms with Gasteiger partial charge in [0.2, 0.25) is 5.91 Å². The number of esters is 1. The number of ether oxygens (including phenoxy) is 1. The number of hydrogen-bond donors (Lipinski definition) is 2. The number of methoxy groups -OCH3 is 1. The number of nitrogens with zero attached hydrogens (tertiary/aromatic N) is 1. The molecule has 0 radical (unpaired) electrons. The first-order valence-corrected chi connectivity index (χ1v) is 11.2. The van der Waals surface area contributed by atoms with E-state index in [9.17, 15) is 9.59 Å². The highest BCUT2D eigenvalue weighted by molar-refractivity contribution is 8.00. The third-order valence-corrected chi connectivity index (χ3v) is 6.48. The molecule has 2 aromatic heterocycles. The van der Waals surface area contributed by atoms with Crippen molar-refractivity contribution < 1.29 is 14.3 Å². The average Bonchev–Trinajstić information content (AvgIpc) is 3.48. The number of rotatable bonds is 7. The summed E-state index contributed by atoms with van der Waals surface area (Å²) in [7, 11) is 1.33. The Hall–Kier alpha value is -3.36. The maximum atomic E-state index is 13.2. The molecule has 0 aliphatic carbocycles. The van der Waals surface area contributed by atoms with Crippen molar-refractivity contribution >= 4 is 40.1 Å². The van der Waals surface area contributed by atoms with Crippen LogP contribution in [0, 0.1) is 0 Å². The molecule has 0 saturated heterocycles. The molecule has 1 atom stereocenters. The third kappa shape index (κ3) is 5.04. The van der Waals surface area contributed by atoms with E-state index in [1.165, 1.54) is 30.2 Å². The van der Waals surface area contributed by atoms with Crippen molar-refractivity contribution in [2.24, 2.45) is 0 Å². The Labute approximate surface area is 187 Å². The predicted molar refractivity (Wildman–Crippen MR) is 123 cm³/mol. The first-order chi connectivity index (χ1) is 15.1. The zero-order chi connectivity index (χ0) is 21.6. The van der Waals surface area contributed by atoms with Crippen molar-refractivity contribution in [2.75, 3.05) is 12.4 Å². The lowest BCUT2D eigenvalue weighted by Crippen LogP contribution is -2.18. The fraction of sp³-hybridized carbons (Fsp3) is 0.0870. The van der Waals surface area contributed by atoms with E-state index in [1.54, 1.807) is 12.3 Å². The molecule has 2 heterocycles. The number of carbonyl (C=O) groups is 2. The first kappa shape index (κ1) is 20.9. The number of anilines is 1. The van der Waals surface area contributed by atoms with Crippen molar-refractivity contribution in [2.45, 2.75) is 10.1 Å². The number of amides is 1. The van der Waals surface area contributed by atoms with Gasteiger partial charge in [-0.1, -0.05) is 48.5 Å². The van der Waals surface area contributed by atoms with Gasteiger partial charge in [0.15, 0.2) is 5.13 Å². The van der Waals surface area contributed by atoms with Gasteiger partial charge in [-0.15, -0.1) is 23.1 Å². The van der Waals surface area contributed by atoms with Crippen molar-refractivity contribution in [3.8, 4) is 11.3 Å². The van der Waals surface area contributed by atoms with E-state index in [2.05, 4.69) is 15.3 Å². The van der Waals surface area contributed by atoms with Gasteiger partial charge < -0.3 is 15.0 Å². The average molecular weight is 450 g/mol. The highest BCUT2D eigenvalue weighted by Gasteiger charge is 2.23. The van der Waals surface area contributed by atoms with Gasteiger partial charge in [0, 0.05) is 22.0 Å². The Bertz CT molecular complexity index is 1170. The zero-order valence-corrected chi connectivity index (χ0v) is 18.2. The van der Waals surface area contributed by atoms with Crippen LogP contribution >= 0.6 is 23.1 Å². The van der Waals surface area contributed by atoms with Crippen LogP contribution in [0.5, 0.6) is 0 Å². The Kier molecular flexibility index (Phi) is 6.49. The second-order valence-electron chi connectivity index (χ2n) is 6.54. The number of aromatic amines is 1. The summed E-state index contributed by atoms with van der Waals surface area (Å²) in [5.41, 5.74) is 2.67. The number of nitrogens with one attached hydrogen (secondary N) is 2. The van der Waals surface area contributed by atoms with Crippen LogP contribution in [0.1, 0.15) is 21.3 Å². The molecule has 0 aliphatic rings. The molecule has 4 aromatic rings. The summed E-state index contributed by atoms with van der Waals surface area (Å²) < 4.78 is 4.71. The summed E-state index contributed by atoms with van der Waals surface area (Å²) >= 11 is 2.82. The van der Waals surface area contributed by atoms with Gasteiger partial charge in [0.1, 0.15) is 10.9 Å². The number of thiazole rings is 1. The van der Waals surface area contributed by atoms with Crippen molar-refractivity contribution in [3.63, 3.8) is 0 Å². The maximum Gasteiger partial charge on any atom is 0.354 e. The number of hydrogen-bond acceptors (Lipinski definition) is 6. The molecule has 2 N–H and O–H groups in total. The molecule has 8 heteroatoms. The van der Waals surface area contributed by atoms with Crippen LogP contribution < -0.4 is 5.32 Å². The molecule has 0 saturated carbocycles. The molecular formula is C23H19N3O3S2. The van der Waals surface area contributed by atoms with Crippen molar-refractivity contribution in [1.29, 1.82) is 0 Å². The van der Waals surface area contributed by atoms with Gasteiger partial charge in [0.05, 0.1) is 12.8 Å². The van der Waals surface area contributed by atoms with E-state index in [1.807, 2.05) is 66.0 Å². The third-order valence-electron chi connectivity index (χ3n) is 4.46. The SMILES string of the molecule is COC(=O)c1cc(-c2csc(NC(=O)[C@@H](Sc3ccccc3)c3ccccc3)n2)c[nH]1. The minimum absolute atomic E-state index is 0.148. The Morgan fingerprint density at radius 3 is 2.52 bits per heavy atom. The minimum Gasteiger partial charge on any atom is -0.464 e. The number of benzene rings is 2. The molecule has 1 amide bonds. The molecule has 0 fully saturated rings. The molecule has 0 spiro atoms. The van der Waals surface area contributed by atoms with Crippen molar-refractivity contribution in [1.82, 2.24) is 9.97 Å². The molecular weight excluding hydrogens is 430 g/mol. The van der Waals surface area contributed by atoms with E-state index in [0.717, 1.165) is 16.0 Å². The molecule has 156 valence electrons. The molecule has 6 nitrogen and oxygen atoms in total. The quantitative estimate of drug-likeness (QED) is 0.292. The van der Waals surface area contributed by atoms with Crippen LogP contribution in [0.15, 0.2) is 83.2 Å². The monoisotopic (exact) mass is 449 g/mol. The molecule has 31 heavy (non-hydrogen) atoms. The topological polar surface area (TPSA) is 84.1 Å². The maximum absolute atomic E-state index is 13.2. The number of aromatic nitrogens is 2. The summed E-state index contributed by atoms with van der Waals surface area (Å²) in [5.74, 6) is -0.594. The first-order valence-electron chi connectivity index (χ1n) is 9.44. The van der Waals surface area contributed by atoms with Gasteiger partial charge in [0.25, 0.3) is 0 Å². The lowest BCUT2D eigenvalue weighted by atomic mass is 10.1. The van der Waals surface area contributed by atoms with Gasteiger partial charge in [-0.3, -0.25) is 4.79 Å². The van der Waals surface area contributed by atoms with Crippen LogP contribution in [0.2, 0.25) is 0 Å². The van der Waals surface area contributed by atoms with Gasteiger partial charge in [-0.25, -0.2) is 9.78 Å². The fourth-order valence-electron chi connectivity index (χ4n) is 2.94. The van der Waals surface area contributed by atoms with E-state index in [0.29, 0.717) is 16.5 Å². The van der Waals surface area contributed by atoms with E-state index in [-0.39, 0.29) is 5.91 Å². The molecule has 0 aliphatic heterocycles. The highest BCUT2D eigenvalue weighted by atomic mass is 32.2. The van der Waals surface area contributed by atoms with Crippen LogP contribution in [0.25, 0.3) is 11.3 Å². The molecule has 4 rings (SSSR count). The zero-order valence-electron chi connectivity index (χ0n) is 16.6. The van der Waals surface area contributed by atoms with Gasteiger partial charge in [-0.05, 0) is 23.8 Å². The van der Waals surface area contributed by atoms with E-state index >= 15 is 0 Å². The summed E-state index contributed by atoms with van der Waals surface area (Å²) in [5, 5.41) is 4.85. The van der Waals surface area contributed by atoms with Crippen LogP contribution in [-0.2, 0) is 9.53 Å². The highest BCUT2D eigenvalue weighted by Crippen LogP contribution is 2.36. The van der Waals surface area contributed by atoms with Crippen LogP contribution in [0.4, 0.5) is 5.13 Å². The summed E-state index contributed by atoms with van der Waals surface area (Å²) in [6, 6.07) is 21.2. The Morgan fingerprint density at radius 1 is 1.10 bits per heavy atom. The lowest BCUT2D eigenvalue weighted by Gasteiger charge is -2.16. The molecule has 0 bridgehead atoms. The van der Waals surface area contributed by atoms with E-state index < -0.39 is 11.2 Å². The molecule has 2 aromatic carbocycles. The van der Waals surface area contributed by atoms with Crippen LogP contribution in [-0.4, -0.2) is 29.0 Å². The van der Waals surface area contributed by atoms with Crippen molar-refractivity contribution in [3.05, 3.63) is 89.6 Å². The predicted octanol–water partition coefficient (Wildman–Crippen LogP) is 5.40. The lowest BCUT2D eigenvalue weighted by molar-refractivity contribution is -0.115. The van der Waals surface area contributed by atoms with Gasteiger partial charge >= 0.3 is 5.97 Å². The summed E-state index contributed by atoms with van der Waals surface area (Å²) in [4.78, 5) is 33.2. The Morgan fingerprint density at radius 2 is 1.81 bits per heavy atom. The fourth-order valence-corrected chi connectivity index (χ4v) is 4.71. The van der Waals surface area contributed by atoms with Gasteiger partial charge in [-0.2, -0.15) is 0 Å². The van der Waals surface area contributed by atoms with Crippen LogP contribution in [0.3, 0.4) is 0 Å². The summed E-state index contributed by atoms with van der Waals surface area (Å²) in [6.07, 6.45) is 1.69. The number of carbonyl (C=O) groups excluding carboxylic acids is 2.